The minimum Gasteiger partial charge on any atom is -0.359 e. The van der Waals surface area contributed by atoms with Gasteiger partial charge in [0.25, 0.3) is 0 Å². The summed E-state index contributed by atoms with van der Waals surface area (Å²) in [6.45, 7) is 0. The molecule has 0 spiro atoms. The Morgan fingerprint density at radius 3 is 2.75 bits per heavy atom. The highest BCUT2D eigenvalue weighted by Gasteiger charge is 2.40. The Balaban J connectivity index is 1.26. The number of fused-ring (bicyclic) bond motifs is 2. The van der Waals surface area contributed by atoms with Gasteiger partial charge in [0.1, 0.15) is 0 Å². The molecule has 2 aliphatic rings. The van der Waals surface area contributed by atoms with Crippen molar-refractivity contribution in [2.75, 3.05) is 21.0 Å². The molecule has 24 heavy (non-hydrogen) atoms. The predicted molar refractivity (Wildman–Crippen MR) is 101 cm³/mol. The lowest BCUT2D eigenvalue weighted by Crippen LogP contribution is -2.47. The summed E-state index contributed by atoms with van der Waals surface area (Å²) in [5, 5.41) is 4.60. The van der Waals surface area contributed by atoms with E-state index < -0.39 is 0 Å². The second-order valence-electron chi connectivity index (χ2n) is 6.06. The van der Waals surface area contributed by atoms with Crippen LogP contribution in [0.15, 0.2) is 36.7 Å². The molecule has 2 aromatic heterocycles. The Kier molecular flexibility index (Phi) is 3.27. The van der Waals surface area contributed by atoms with Gasteiger partial charge < -0.3 is 5.32 Å². The van der Waals surface area contributed by atoms with Crippen LogP contribution in [-0.2, 0) is 0 Å². The molecule has 0 saturated heterocycles. The van der Waals surface area contributed by atoms with Crippen molar-refractivity contribution in [3.05, 3.63) is 36.7 Å². The zero-order valence-electron chi connectivity index (χ0n) is 13.1. The van der Waals surface area contributed by atoms with Gasteiger partial charge in [-0.2, -0.15) is 0 Å². The number of nitrogens with zero attached hydrogens (tertiary/aromatic N) is 5. The number of para-hydroxylation sites is 1. The molecule has 1 fully saturated rings. The number of anilines is 3. The van der Waals surface area contributed by atoms with E-state index in [0.29, 0.717) is 12.1 Å². The SMILES string of the molecule is CN1SN(C2CC(Nc3nc4ccccc4s3)C2)c2nccnc21. The van der Waals surface area contributed by atoms with Crippen LogP contribution in [0.2, 0.25) is 0 Å². The lowest BCUT2D eigenvalue weighted by molar-refractivity contribution is 0.379. The molecule has 1 aromatic carbocycles. The van der Waals surface area contributed by atoms with Gasteiger partial charge in [-0.1, -0.05) is 23.5 Å². The second-order valence-corrected chi connectivity index (χ2v) is 8.20. The smallest absolute Gasteiger partial charge is 0.184 e. The first-order chi connectivity index (χ1) is 11.8. The van der Waals surface area contributed by atoms with Crippen molar-refractivity contribution >= 4 is 50.5 Å². The summed E-state index contributed by atoms with van der Waals surface area (Å²) in [7, 11) is 2.04. The Morgan fingerprint density at radius 1 is 1.12 bits per heavy atom. The van der Waals surface area contributed by atoms with Crippen LogP contribution < -0.4 is 13.9 Å². The van der Waals surface area contributed by atoms with Crippen molar-refractivity contribution in [3.63, 3.8) is 0 Å². The molecular formula is C16H16N6S2. The molecule has 3 aromatic rings. The number of nitrogens with one attached hydrogen (secondary N) is 1. The van der Waals surface area contributed by atoms with Crippen LogP contribution in [-0.4, -0.2) is 34.1 Å². The summed E-state index contributed by atoms with van der Waals surface area (Å²) in [5.74, 6) is 1.93. The van der Waals surface area contributed by atoms with Crippen molar-refractivity contribution in [3.8, 4) is 0 Å². The van der Waals surface area contributed by atoms with Gasteiger partial charge in [-0.3, -0.25) is 8.61 Å². The van der Waals surface area contributed by atoms with Crippen LogP contribution in [0.25, 0.3) is 10.2 Å². The molecule has 0 bridgehead atoms. The zero-order chi connectivity index (χ0) is 16.1. The highest BCUT2D eigenvalue weighted by molar-refractivity contribution is 8.02. The van der Waals surface area contributed by atoms with Crippen molar-refractivity contribution in [1.82, 2.24) is 15.0 Å². The molecule has 3 heterocycles. The highest BCUT2D eigenvalue weighted by atomic mass is 32.2. The summed E-state index contributed by atoms with van der Waals surface area (Å²) in [6, 6.07) is 9.24. The summed E-state index contributed by atoms with van der Waals surface area (Å²) in [4.78, 5) is 13.6. The van der Waals surface area contributed by atoms with Crippen molar-refractivity contribution in [2.24, 2.45) is 0 Å². The van der Waals surface area contributed by atoms with Gasteiger partial charge in [-0.05, 0) is 25.0 Å². The molecule has 1 saturated carbocycles. The van der Waals surface area contributed by atoms with E-state index in [1.54, 1.807) is 35.9 Å². The van der Waals surface area contributed by atoms with E-state index in [1.807, 2.05) is 13.1 Å². The molecule has 0 atom stereocenters. The minimum atomic E-state index is 0.474. The van der Waals surface area contributed by atoms with E-state index in [9.17, 15) is 0 Å². The third kappa shape index (κ3) is 2.29. The van der Waals surface area contributed by atoms with E-state index in [1.165, 1.54) is 4.70 Å². The molecule has 0 unspecified atom stereocenters. The Bertz CT molecular complexity index is 858. The highest BCUT2D eigenvalue weighted by Crippen LogP contribution is 2.46. The molecule has 1 N–H and O–H groups in total. The molecule has 5 rings (SSSR count). The van der Waals surface area contributed by atoms with Gasteiger partial charge in [0.2, 0.25) is 0 Å². The van der Waals surface area contributed by atoms with Crippen LogP contribution in [0, 0.1) is 0 Å². The second kappa shape index (κ2) is 5.49. The van der Waals surface area contributed by atoms with Gasteiger partial charge in [0.05, 0.1) is 22.4 Å². The number of thiazole rings is 1. The molecule has 1 aliphatic carbocycles. The summed E-state index contributed by atoms with van der Waals surface area (Å²) >= 11 is 3.42. The van der Waals surface area contributed by atoms with Gasteiger partial charge in [-0.15, -0.1) is 0 Å². The summed E-state index contributed by atoms with van der Waals surface area (Å²) in [6.07, 6.45) is 5.69. The standard InChI is InChI=1S/C16H16N6S2/c1-21-14-15(18-7-6-17-14)22(24-21)11-8-10(9-11)19-16-20-12-4-2-3-5-13(12)23-16/h2-7,10-11H,8-9H2,1H3,(H,19,20). The third-order valence-corrected chi connectivity index (χ3v) is 6.48. The van der Waals surface area contributed by atoms with Crippen molar-refractivity contribution in [1.29, 1.82) is 0 Å². The van der Waals surface area contributed by atoms with Crippen molar-refractivity contribution < 1.29 is 0 Å². The molecule has 6 nitrogen and oxygen atoms in total. The van der Waals surface area contributed by atoms with E-state index in [4.69, 9.17) is 0 Å². The molecule has 0 amide bonds. The first-order valence-electron chi connectivity index (χ1n) is 7.92. The van der Waals surface area contributed by atoms with Crippen LogP contribution in [0.5, 0.6) is 0 Å². The molecule has 122 valence electrons. The van der Waals surface area contributed by atoms with Crippen LogP contribution in [0.1, 0.15) is 12.8 Å². The quantitative estimate of drug-likeness (QED) is 0.720. The maximum absolute atomic E-state index is 4.66. The van der Waals surface area contributed by atoms with E-state index >= 15 is 0 Å². The van der Waals surface area contributed by atoms with Gasteiger partial charge >= 0.3 is 0 Å². The number of benzene rings is 1. The van der Waals surface area contributed by atoms with Crippen molar-refractivity contribution in [2.45, 2.75) is 24.9 Å². The average molecular weight is 356 g/mol. The molecule has 0 radical (unpaired) electrons. The van der Waals surface area contributed by atoms with Crippen LogP contribution in [0.3, 0.4) is 0 Å². The lowest BCUT2D eigenvalue weighted by Gasteiger charge is -2.40. The van der Waals surface area contributed by atoms with Crippen LogP contribution in [0.4, 0.5) is 16.8 Å². The topological polar surface area (TPSA) is 57.2 Å². The van der Waals surface area contributed by atoms with Crippen LogP contribution >= 0.6 is 23.5 Å². The van der Waals surface area contributed by atoms with Gasteiger partial charge in [0.15, 0.2) is 16.8 Å². The zero-order valence-corrected chi connectivity index (χ0v) is 14.7. The van der Waals surface area contributed by atoms with E-state index in [2.05, 4.69) is 47.1 Å². The predicted octanol–water partition coefficient (Wildman–Crippen LogP) is 3.55. The third-order valence-electron chi connectivity index (χ3n) is 4.44. The molecule has 1 aliphatic heterocycles. The number of aromatic nitrogens is 3. The normalized spacial score (nSPS) is 22.5. The fourth-order valence-corrected chi connectivity index (χ4v) is 5.08. The maximum Gasteiger partial charge on any atom is 0.184 e. The molecular weight excluding hydrogens is 340 g/mol. The summed E-state index contributed by atoms with van der Waals surface area (Å²) in [5.41, 5.74) is 1.07. The number of hydrogen-bond donors (Lipinski definition) is 1. The Labute approximate surface area is 148 Å². The molecule has 8 heteroatoms. The lowest BCUT2D eigenvalue weighted by atomic mass is 9.87. The van der Waals surface area contributed by atoms with Gasteiger partial charge in [-0.25, -0.2) is 15.0 Å². The summed E-state index contributed by atoms with van der Waals surface area (Å²) < 4.78 is 5.60. The first-order valence-corrected chi connectivity index (χ1v) is 9.47. The van der Waals surface area contributed by atoms with E-state index in [-0.39, 0.29) is 0 Å². The average Bonchev–Trinajstić information content (AvgIpc) is 3.12. The minimum absolute atomic E-state index is 0.474. The van der Waals surface area contributed by atoms with E-state index in [0.717, 1.165) is 35.1 Å². The Morgan fingerprint density at radius 2 is 1.92 bits per heavy atom. The Hall–Kier alpha value is -2.06. The first kappa shape index (κ1) is 14.3. The fourth-order valence-electron chi connectivity index (χ4n) is 3.16. The maximum atomic E-state index is 4.66. The number of hydrogen-bond acceptors (Lipinski definition) is 8. The fraction of sp³-hybridized carbons (Fsp3) is 0.312. The number of rotatable bonds is 3. The van der Waals surface area contributed by atoms with Gasteiger partial charge in [0, 0.05) is 31.5 Å². The monoisotopic (exact) mass is 356 g/mol. The largest absolute Gasteiger partial charge is 0.359 e.